The smallest absolute Gasteiger partial charge is 0.380 e. The van der Waals surface area contributed by atoms with Gasteiger partial charge in [0.25, 0.3) is 0 Å². The third kappa shape index (κ3) is 6.67. The molecule has 0 unspecified atom stereocenters. The maximum atomic E-state index is 12.8. The molecular weight excluding hydrogens is 404 g/mol. The molecule has 0 spiro atoms. The summed E-state index contributed by atoms with van der Waals surface area (Å²) in [7, 11) is 1.61. The van der Waals surface area contributed by atoms with Gasteiger partial charge in [0.05, 0.1) is 20.3 Å². The Labute approximate surface area is 192 Å². The topological polar surface area (TPSA) is 61.8 Å². The van der Waals surface area contributed by atoms with Crippen LogP contribution < -0.4 is 9.47 Å². The minimum absolute atomic E-state index is 0.143. The highest BCUT2D eigenvalue weighted by Crippen LogP contribution is 2.42. The van der Waals surface area contributed by atoms with Gasteiger partial charge in [-0.05, 0) is 28.5 Å². The standard InChI is InChI=1S/C27H36O5/c1-18(16-31-17-19-12-10-9-11-13-19)23(28)25(29)32-24-21(26(2,3)4)14-20(30-8)15-22(24)27(5,6)7/h9-15,18H,16-17H2,1-8H3/t18-/m0/s1. The molecule has 5 heteroatoms. The minimum Gasteiger partial charge on any atom is -0.497 e. The van der Waals surface area contributed by atoms with Crippen LogP contribution in [0.3, 0.4) is 0 Å². The van der Waals surface area contributed by atoms with Crippen LogP contribution in [0.2, 0.25) is 0 Å². The van der Waals surface area contributed by atoms with E-state index in [-0.39, 0.29) is 17.4 Å². The van der Waals surface area contributed by atoms with Gasteiger partial charge in [-0.3, -0.25) is 4.79 Å². The van der Waals surface area contributed by atoms with E-state index >= 15 is 0 Å². The second-order valence-electron chi connectivity index (χ2n) is 10.2. The molecule has 32 heavy (non-hydrogen) atoms. The summed E-state index contributed by atoms with van der Waals surface area (Å²) >= 11 is 0. The molecule has 174 valence electrons. The minimum atomic E-state index is -0.873. The summed E-state index contributed by atoms with van der Waals surface area (Å²) in [6.07, 6.45) is 0. The van der Waals surface area contributed by atoms with Gasteiger partial charge in [-0.2, -0.15) is 0 Å². The normalized spacial score (nSPS) is 12.9. The molecule has 5 nitrogen and oxygen atoms in total. The van der Waals surface area contributed by atoms with E-state index in [2.05, 4.69) is 0 Å². The first-order valence-corrected chi connectivity index (χ1v) is 10.9. The van der Waals surface area contributed by atoms with Gasteiger partial charge in [-0.25, -0.2) is 4.79 Å². The number of methoxy groups -OCH3 is 1. The number of benzene rings is 2. The van der Waals surface area contributed by atoms with E-state index in [1.807, 2.05) is 84.0 Å². The summed E-state index contributed by atoms with van der Waals surface area (Å²) in [4.78, 5) is 25.6. The van der Waals surface area contributed by atoms with Crippen molar-refractivity contribution in [3.05, 3.63) is 59.2 Å². The second kappa shape index (κ2) is 10.3. The number of rotatable bonds is 8. The lowest BCUT2D eigenvalue weighted by Gasteiger charge is -2.29. The van der Waals surface area contributed by atoms with Gasteiger partial charge in [0.2, 0.25) is 5.78 Å². The van der Waals surface area contributed by atoms with E-state index in [4.69, 9.17) is 14.2 Å². The van der Waals surface area contributed by atoms with Crippen molar-refractivity contribution in [1.29, 1.82) is 0 Å². The Kier molecular flexibility index (Phi) is 8.24. The molecule has 2 aromatic rings. The van der Waals surface area contributed by atoms with Crippen LogP contribution in [0.4, 0.5) is 0 Å². The SMILES string of the molecule is COc1cc(C(C)(C)C)c(OC(=O)C(=O)[C@@H](C)COCc2ccccc2)c(C(C)(C)C)c1. The Bertz CT molecular complexity index is 898. The van der Waals surface area contributed by atoms with Gasteiger partial charge in [0, 0.05) is 17.0 Å². The van der Waals surface area contributed by atoms with E-state index in [0.29, 0.717) is 18.1 Å². The van der Waals surface area contributed by atoms with Gasteiger partial charge in [0.15, 0.2) is 0 Å². The highest BCUT2D eigenvalue weighted by molar-refractivity contribution is 6.35. The average molecular weight is 441 g/mol. The maximum absolute atomic E-state index is 12.8. The summed E-state index contributed by atoms with van der Waals surface area (Å²) in [5.74, 6) is -0.966. The van der Waals surface area contributed by atoms with Crippen LogP contribution in [0, 0.1) is 5.92 Å². The van der Waals surface area contributed by atoms with Crippen molar-refractivity contribution in [2.24, 2.45) is 5.92 Å². The molecule has 0 N–H and O–H groups in total. The van der Waals surface area contributed by atoms with Crippen LogP contribution in [0.1, 0.15) is 65.2 Å². The molecule has 0 bridgehead atoms. The molecule has 0 aliphatic rings. The predicted octanol–water partition coefficient (Wildman–Crippen LogP) is 5.62. The van der Waals surface area contributed by atoms with Crippen LogP contribution in [0.25, 0.3) is 0 Å². The summed E-state index contributed by atoms with van der Waals surface area (Å²) in [5, 5.41) is 0. The van der Waals surface area contributed by atoms with Crippen molar-refractivity contribution in [3.63, 3.8) is 0 Å². The van der Waals surface area contributed by atoms with Gasteiger partial charge in [-0.1, -0.05) is 78.8 Å². The first-order valence-electron chi connectivity index (χ1n) is 10.9. The lowest BCUT2D eigenvalue weighted by Crippen LogP contribution is -2.31. The van der Waals surface area contributed by atoms with Gasteiger partial charge < -0.3 is 14.2 Å². The third-order valence-corrected chi connectivity index (χ3v) is 5.24. The average Bonchev–Trinajstić information content (AvgIpc) is 2.72. The maximum Gasteiger partial charge on any atom is 0.380 e. The van der Waals surface area contributed by atoms with E-state index in [0.717, 1.165) is 16.7 Å². The number of ketones is 1. The van der Waals surface area contributed by atoms with Crippen molar-refractivity contribution in [3.8, 4) is 11.5 Å². The zero-order chi connectivity index (χ0) is 24.1. The molecule has 0 heterocycles. The number of hydrogen-bond acceptors (Lipinski definition) is 5. The Morgan fingerprint density at radius 1 is 0.906 bits per heavy atom. The van der Waals surface area contributed by atoms with E-state index < -0.39 is 17.7 Å². The van der Waals surface area contributed by atoms with Crippen LogP contribution in [-0.4, -0.2) is 25.5 Å². The van der Waals surface area contributed by atoms with Crippen LogP contribution >= 0.6 is 0 Å². The highest BCUT2D eigenvalue weighted by atomic mass is 16.5. The molecule has 0 amide bonds. The summed E-state index contributed by atoms with van der Waals surface area (Å²) in [5.41, 5.74) is 2.00. The zero-order valence-electron chi connectivity index (χ0n) is 20.6. The first-order chi connectivity index (χ1) is 14.8. The predicted molar refractivity (Wildman–Crippen MR) is 126 cm³/mol. The second-order valence-corrected chi connectivity index (χ2v) is 10.2. The van der Waals surface area contributed by atoms with Crippen molar-refractivity contribution in [1.82, 2.24) is 0 Å². The van der Waals surface area contributed by atoms with Crippen LogP contribution in [-0.2, 0) is 31.8 Å². The Morgan fingerprint density at radius 3 is 1.91 bits per heavy atom. The number of hydrogen-bond donors (Lipinski definition) is 0. The lowest BCUT2D eigenvalue weighted by atomic mass is 9.79. The largest absolute Gasteiger partial charge is 0.497 e. The summed E-state index contributed by atoms with van der Waals surface area (Å²) < 4.78 is 16.9. The number of esters is 1. The Balaban J connectivity index is 2.22. The highest BCUT2D eigenvalue weighted by Gasteiger charge is 2.32. The van der Waals surface area contributed by atoms with Crippen molar-refractivity contribution < 1.29 is 23.8 Å². The van der Waals surface area contributed by atoms with Crippen molar-refractivity contribution in [2.45, 2.75) is 65.9 Å². The first kappa shape index (κ1) is 25.6. The molecule has 0 saturated heterocycles. The molecular formula is C27H36O5. The van der Waals surface area contributed by atoms with Crippen LogP contribution in [0.5, 0.6) is 11.5 Å². The summed E-state index contributed by atoms with van der Waals surface area (Å²) in [6.45, 7) is 14.4. The number of ether oxygens (including phenoxy) is 3. The van der Waals surface area contributed by atoms with Gasteiger partial charge in [0.1, 0.15) is 11.5 Å². The lowest BCUT2D eigenvalue weighted by molar-refractivity contribution is -0.150. The monoisotopic (exact) mass is 440 g/mol. The van der Waals surface area contributed by atoms with E-state index in [1.165, 1.54) is 0 Å². The fourth-order valence-electron chi connectivity index (χ4n) is 3.29. The Hall–Kier alpha value is -2.66. The molecule has 0 saturated carbocycles. The number of Topliss-reactive ketones (excluding diaryl/α,β-unsaturated/α-hetero) is 1. The number of carbonyl (C=O) groups excluding carboxylic acids is 2. The third-order valence-electron chi connectivity index (χ3n) is 5.24. The Morgan fingerprint density at radius 2 is 1.44 bits per heavy atom. The quantitative estimate of drug-likeness (QED) is 0.303. The summed E-state index contributed by atoms with van der Waals surface area (Å²) in [6, 6.07) is 13.4. The molecule has 0 aliphatic carbocycles. The molecule has 0 fully saturated rings. The number of carbonyl (C=O) groups is 2. The fourth-order valence-corrected chi connectivity index (χ4v) is 3.29. The van der Waals surface area contributed by atoms with Gasteiger partial charge in [-0.15, -0.1) is 0 Å². The zero-order valence-corrected chi connectivity index (χ0v) is 20.6. The molecule has 2 rings (SSSR count). The fraction of sp³-hybridized carbons (Fsp3) is 0.481. The molecule has 0 aromatic heterocycles. The molecule has 2 aromatic carbocycles. The van der Waals surface area contributed by atoms with E-state index in [9.17, 15) is 9.59 Å². The van der Waals surface area contributed by atoms with Crippen molar-refractivity contribution >= 4 is 11.8 Å². The molecule has 0 radical (unpaired) electrons. The van der Waals surface area contributed by atoms with E-state index in [1.54, 1.807) is 14.0 Å². The van der Waals surface area contributed by atoms with Crippen molar-refractivity contribution in [2.75, 3.05) is 13.7 Å². The van der Waals surface area contributed by atoms with Crippen LogP contribution in [0.15, 0.2) is 42.5 Å². The van der Waals surface area contributed by atoms with Gasteiger partial charge >= 0.3 is 5.97 Å². The molecule has 0 aliphatic heterocycles. The molecule has 1 atom stereocenters.